The van der Waals surface area contributed by atoms with Gasteiger partial charge in [-0.3, -0.25) is 4.90 Å². The number of allylic oxidation sites excluding steroid dienone is 2. The zero-order valence-electron chi connectivity index (χ0n) is 19.6. The molecule has 0 radical (unpaired) electrons. The van der Waals surface area contributed by atoms with E-state index in [-0.39, 0.29) is 23.8 Å². The first-order valence-electron chi connectivity index (χ1n) is 10.9. The van der Waals surface area contributed by atoms with Crippen LogP contribution in [0.25, 0.3) is 0 Å². The molecule has 1 aromatic carbocycles. The molecule has 1 heterocycles. The molecule has 3 rings (SSSR count). The second-order valence-electron chi connectivity index (χ2n) is 7.83. The molecule has 0 saturated carbocycles. The van der Waals surface area contributed by atoms with E-state index in [1.54, 1.807) is 20.1 Å². The monoisotopic (exact) mass is 449 g/mol. The van der Waals surface area contributed by atoms with E-state index in [0.29, 0.717) is 30.2 Å². The molecule has 0 spiro atoms. The Balaban J connectivity index is 0.00000122. The minimum atomic E-state index is -1.69. The van der Waals surface area contributed by atoms with Crippen molar-refractivity contribution in [2.75, 3.05) is 40.5 Å². The number of nitrogens with two attached hydrogens (primary N) is 1. The first-order chi connectivity index (χ1) is 15.9. The molecule has 0 saturated heterocycles. The van der Waals surface area contributed by atoms with Gasteiger partial charge in [0, 0.05) is 37.1 Å². The van der Waals surface area contributed by atoms with Gasteiger partial charge in [0.1, 0.15) is 6.07 Å². The average molecular weight is 450 g/mol. The molecule has 2 aliphatic rings. The van der Waals surface area contributed by atoms with Crippen LogP contribution in [-0.2, 0) is 0 Å². The smallest absolute Gasteiger partial charge is 0.191 e. The lowest BCUT2D eigenvalue weighted by Gasteiger charge is -2.45. The van der Waals surface area contributed by atoms with Crippen LogP contribution in [0.3, 0.4) is 0 Å². The number of nitriles is 3. The van der Waals surface area contributed by atoms with E-state index in [9.17, 15) is 15.8 Å². The SMILES string of the molecule is CCCN1CC=C2C(C#N)=C(N)C(C#N)(C#N)C(c3cccc(OC)c3OC)C2C1.CCO. The van der Waals surface area contributed by atoms with Crippen LogP contribution >= 0.6 is 0 Å². The number of nitrogens with zero attached hydrogens (tertiary/aromatic N) is 4. The van der Waals surface area contributed by atoms with Crippen LogP contribution in [-0.4, -0.2) is 50.5 Å². The number of ether oxygens (including phenoxy) is 2. The van der Waals surface area contributed by atoms with Crippen molar-refractivity contribution in [3.8, 4) is 29.7 Å². The Morgan fingerprint density at radius 1 is 1.18 bits per heavy atom. The molecular formula is C25H31N5O3. The fraction of sp³-hybridized carbons (Fsp3) is 0.480. The lowest BCUT2D eigenvalue weighted by atomic mass is 9.58. The molecule has 1 aromatic rings. The Morgan fingerprint density at radius 2 is 1.85 bits per heavy atom. The summed E-state index contributed by atoms with van der Waals surface area (Å²) in [6.07, 6.45) is 2.99. The molecule has 1 aliphatic heterocycles. The van der Waals surface area contributed by atoms with Crippen molar-refractivity contribution >= 4 is 0 Å². The minimum absolute atomic E-state index is 0.0105. The number of fused-ring (bicyclic) bond motifs is 1. The molecule has 8 nitrogen and oxygen atoms in total. The molecule has 2 atom stereocenters. The molecular weight excluding hydrogens is 418 g/mol. The molecule has 0 aromatic heterocycles. The van der Waals surface area contributed by atoms with Crippen molar-refractivity contribution in [3.63, 3.8) is 0 Å². The maximum atomic E-state index is 10.2. The molecule has 174 valence electrons. The third-order valence-electron chi connectivity index (χ3n) is 6.05. The van der Waals surface area contributed by atoms with Crippen molar-refractivity contribution in [2.45, 2.75) is 26.2 Å². The first kappa shape index (κ1) is 25.7. The van der Waals surface area contributed by atoms with E-state index < -0.39 is 11.3 Å². The Kier molecular flexibility index (Phi) is 8.88. The Hall–Kier alpha value is -3.51. The lowest BCUT2D eigenvalue weighted by molar-refractivity contribution is 0.204. The van der Waals surface area contributed by atoms with E-state index in [1.165, 1.54) is 7.11 Å². The highest BCUT2D eigenvalue weighted by molar-refractivity contribution is 5.62. The fourth-order valence-electron chi connectivity index (χ4n) is 4.74. The number of para-hydroxylation sites is 1. The van der Waals surface area contributed by atoms with Gasteiger partial charge in [0.25, 0.3) is 0 Å². The van der Waals surface area contributed by atoms with E-state index >= 15 is 0 Å². The van der Waals surface area contributed by atoms with Crippen LogP contribution in [0.15, 0.2) is 41.1 Å². The summed E-state index contributed by atoms with van der Waals surface area (Å²) < 4.78 is 11.1. The van der Waals surface area contributed by atoms with Gasteiger partial charge >= 0.3 is 0 Å². The summed E-state index contributed by atoms with van der Waals surface area (Å²) in [5, 5.41) is 37.8. The van der Waals surface area contributed by atoms with Gasteiger partial charge in [0.05, 0.1) is 37.6 Å². The highest BCUT2D eigenvalue weighted by Gasteiger charge is 2.55. The summed E-state index contributed by atoms with van der Waals surface area (Å²) in [6.45, 7) is 6.24. The van der Waals surface area contributed by atoms with E-state index in [1.807, 2.05) is 18.2 Å². The molecule has 1 aliphatic carbocycles. The van der Waals surface area contributed by atoms with Crippen LogP contribution < -0.4 is 15.2 Å². The second kappa shape index (κ2) is 11.4. The van der Waals surface area contributed by atoms with Crippen molar-refractivity contribution in [1.29, 1.82) is 15.8 Å². The predicted molar refractivity (Wildman–Crippen MR) is 124 cm³/mol. The minimum Gasteiger partial charge on any atom is -0.493 e. The van der Waals surface area contributed by atoms with Crippen molar-refractivity contribution in [2.24, 2.45) is 17.1 Å². The molecule has 8 heteroatoms. The van der Waals surface area contributed by atoms with Crippen molar-refractivity contribution in [3.05, 3.63) is 46.7 Å². The predicted octanol–water partition coefficient (Wildman–Crippen LogP) is 2.84. The first-order valence-corrected chi connectivity index (χ1v) is 10.9. The van der Waals surface area contributed by atoms with Gasteiger partial charge in [-0.15, -0.1) is 0 Å². The Bertz CT molecular complexity index is 1030. The number of aliphatic hydroxyl groups excluding tert-OH is 1. The molecule has 0 fully saturated rings. The van der Waals surface area contributed by atoms with Crippen molar-refractivity contribution < 1.29 is 14.6 Å². The second-order valence-corrected chi connectivity index (χ2v) is 7.83. The van der Waals surface area contributed by atoms with Crippen LogP contribution in [0.1, 0.15) is 31.7 Å². The average Bonchev–Trinajstić information content (AvgIpc) is 2.83. The quantitative estimate of drug-likeness (QED) is 0.699. The number of methoxy groups -OCH3 is 2. The van der Waals surface area contributed by atoms with Gasteiger partial charge in [0.15, 0.2) is 16.9 Å². The van der Waals surface area contributed by atoms with Crippen molar-refractivity contribution in [1.82, 2.24) is 4.90 Å². The van der Waals surface area contributed by atoms with Crippen LogP contribution in [0, 0.1) is 45.3 Å². The maximum Gasteiger partial charge on any atom is 0.191 e. The largest absolute Gasteiger partial charge is 0.493 e. The number of hydrogen-bond donors (Lipinski definition) is 2. The van der Waals surface area contributed by atoms with Gasteiger partial charge in [-0.2, -0.15) is 15.8 Å². The van der Waals surface area contributed by atoms with Crippen LogP contribution in [0.4, 0.5) is 0 Å². The van der Waals surface area contributed by atoms with E-state index in [4.69, 9.17) is 20.3 Å². The van der Waals surface area contributed by atoms with Crippen LogP contribution in [0.5, 0.6) is 11.5 Å². The van der Waals surface area contributed by atoms with Gasteiger partial charge < -0.3 is 20.3 Å². The van der Waals surface area contributed by atoms with E-state index in [2.05, 4.69) is 30.0 Å². The zero-order chi connectivity index (χ0) is 24.6. The summed E-state index contributed by atoms with van der Waals surface area (Å²) >= 11 is 0. The molecule has 3 N–H and O–H groups in total. The summed E-state index contributed by atoms with van der Waals surface area (Å²) in [4.78, 5) is 2.27. The lowest BCUT2D eigenvalue weighted by Crippen LogP contribution is -2.48. The molecule has 2 unspecified atom stereocenters. The third-order valence-corrected chi connectivity index (χ3v) is 6.05. The maximum absolute atomic E-state index is 10.2. The molecule has 0 bridgehead atoms. The third kappa shape index (κ3) is 4.52. The summed E-state index contributed by atoms with van der Waals surface area (Å²) in [7, 11) is 3.08. The fourth-order valence-corrected chi connectivity index (χ4v) is 4.74. The highest BCUT2D eigenvalue weighted by Crippen LogP contribution is 2.56. The van der Waals surface area contributed by atoms with Gasteiger partial charge in [-0.25, -0.2) is 0 Å². The van der Waals surface area contributed by atoms with Crippen LogP contribution in [0.2, 0.25) is 0 Å². The molecule has 33 heavy (non-hydrogen) atoms. The van der Waals surface area contributed by atoms with Gasteiger partial charge in [-0.05, 0) is 31.5 Å². The highest BCUT2D eigenvalue weighted by atomic mass is 16.5. The van der Waals surface area contributed by atoms with Gasteiger partial charge in [0.2, 0.25) is 0 Å². The standard InChI is InChI=1S/C23H25N5O2.C2H6O/c1-4-9-28-10-8-15-17(11-24)22(27)23(13-25,14-26)20(18(15)12-28)16-6-5-7-19(29-2)21(16)30-3;1-2-3/h5-8,18,20H,4,9-10,12,27H2,1-3H3;3H,2H2,1H3. The number of aliphatic hydroxyl groups is 1. The molecule has 0 amide bonds. The van der Waals surface area contributed by atoms with Gasteiger partial charge in [-0.1, -0.05) is 25.1 Å². The number of benzene rings is 1. The number of hydrogen-bond acceptors (Lipinski definition) is 8. The number of rotatable bonds is 5. The topological polar surface area (TPSA) is 139 Å². The summed E-state index contributed by atoms with van der Waals surface area (Å²) in [5.74, 6) is 0.119. The Labute approximate surface area is 195 Å². The Morgan fingerprint density at radius 3 is 2.36 bits per heavy atom. The van der Waals surface area contributed by atoms with E-state index in [0.717, 1.165) is 18.5 Å². The zero-order valence-corrected chi connectivity index (χ0v) is 19.6. The normalized spacial score (nSPS) is 21.2. The summed E-state index contributed by atoms with van der Waals surface area (Å²) in [5.41, 5.74) is 6.41. The summed E-state index contributed by atoms with van der Waals surface area (Å²) in [6, 6.07) is 11.9.